The molecule has 3 heterocycles. The number of hydrogen-bond donors (Lipinski definition) is 3. The third kappa shape index (κ3) is 4.35. The average molecular weight is 474 g/mol. The minimum Gasteiger partial charge on any atom is -0.351 e. The highest BCUT2D eigenvalue weighted by Crippen LogP contribution is 2.28. The maximum absolute atomic E-state index is 13.4. The molecule has 1 aliphatic rings. The third-order valence-electron chi connectivity index (χ3n) is 5.65. The van der Waals surface area contributed by atoms with Gasteiger partial charge in [0, 0.05) is 34.2 Å². The van der Waals surface area contributed by atoms with Crippen molar-refractivity contribution in [3.8, 4) is 0 Å². The molecule has 9 heteroatoms. The van der Waals surface area contributed by atoms with Gasteiger partial charge in [0.15, 0.2) is 0 Å². The number of H-pyrrole nitrogens is 1. The van der Waals surface area contributed by atoms with E-state index in [1.807, 2.05) is 18.2 Å². The van der Waals surface area contributed by atoms with E-state index >= 15 is 0 Å². The Balaban J connectivity index is 1.36. The first-order chi connectivity index (χ1) is 16.5. The van der Waals surface area contributed by atoms with Gasteiger partial charge in [0.2, 0.25) is 11.8 Å². The van der Waals surface area contributed by atoms with Crippen LogP contribution < -0.4 is 15.5 Å². The van der Waals surface area contributed by atoms with E-state index in [1.165, 1.54) is 11.1 Å². The second-order valence-corrected chi connectivity index (χ2v) is 8.42. The van der Waals surface area contributed by atoms with Crippen molar-refractivity contribution >= 4 is 51.6 Å². The Kier molecular flexibility index (Phi) is 5.73. The monoisotopic (exact) mass is 473 g/mol. The lowest BCUT2D eigenvalue weighted by molar-refractivity contribution is -0.123. The van der Waals surface area contributed by atoms with E-state index in [4.69, 9.17) is 11.6 Å². The number of nitrogens with one attached hydrogen (secondary N) is 3. The number of amides is 3. The summed E-state index contributed by atoms with van der Waals surface area (Å²) in [6.07, 6.45) is 3.46. The van der Waals surface area contributed by atoms with Crippen molar-refractivity contribution in [2.75, 3.05) is 16.8 Å². The highest BCUT2D eigenvalue weighted by Gasteiger charge is 2.35. The fourth-order valence-corrected chi connectivity index (χ4v) is 4.26. The van der Waals surface area contributed by atoms with Crippen LogP contribution in [-0.2, 0) is 16.0 Å². The van der Waals surface area contributed by atoms with Gasteiger partial charge < -0.3 is 20.5 Å². The number of nitrogens with zero attached hydrogens (tertiary/aromatic N) is 2. The van der Waals surface area contributed by atoms with Crippen molar-refractivity contribution in [1.29, 1.82) is 0 Å². The number of rotatable bonds is 5. The Morgan fingerprint density at radius 2 is 1.97 bits per heavy atom. The van der Waals surface area contributed by atoms with Gasteiger partial charge in [-0.2, -0.15) is 0 Å². The van der Waals surface area contributed by atoms with Gasteiger partial charge >= 0.3 is 0 Å². The molecule has 1 atom stereocenters. The largest absolute Gasteiger partial charge is 0.351 e. The van der Waals surface area contributed by atoms with Crippen LogP contribution in [0.2, 0.25) is 5.02 Å². The zero-order valence-electron chi connectivity index (χ0n) is 17.9. The predicted octanol–water partition coefficient (Wildman–Crippen LogP) is 3.54. The molecule has 1 aliphatic heterocycles. The number of halogens is 1. The Bertz CT molecular complexity index is 1400. The van der Waals surface area contributed by atoms with E-state index in [0.29, 0.717) is 28.5 Å². The Morgan fingerprint density at radius 3 is 2.79 bits per heavy atom. The first kappa shape index (κ1) is 21.7. The summed E-state index contributed by atoms with van der Waals surface area (Å²) in [6, 6.07) is 16.9. The molecule has 5 rings (SSSR count). The summed E-state index contributed by atoms with van der Waals surface area (Å²) in [5, 5.41) is 6.93. The predicted molar refractivity (Wildman–Crippen MR) is 130 cm³/mol. The van der Waals surface area contributed by atoms with Crippen molar-refractivity contribution in [3.05, 3.63) is 89.3 Å². The molecule has 0 saturated carbocycles. The fourth-order valence-electron chi connectivity index (χ4n) is 4.08. The van der Waals surface area contributed by atoms with Crippen molar-refractivity contribution in [2.45, 2.75) is 12.5 Å². The molecule has 170 valence electrons. The van der Waals surface area contributed by atoms with Gasteiger partial charge in [-0.05, 0) is 48.0 Å². The van der Waals surface area contributed by atoms with Gasteiger partial charge in [-0.1, -0.05) is 29.8 Å². The summed E-state index contributed by atoms with van der Waals surface area (Å²) in [7, 11) is 0. The standard InChI is InChI=1S/C25H20ClN5O3/c26-17-7-8-19-16(10-17)12-20(29-19)24(33)30-21-11-15-4-1-2-6-22(15)31(25(21)34)14-23(32)28-18-5-3-9-27-13-18/h1-10,12-13,21,29H,11,14H2,(H,28,32)(H,30,33). The number of benzene rings is 2. The first-order valence-corrected chi connectivity index (χ1v) is 11.0. The molecule has 34 heavy (non-hydrogen) atoms. The highest BCUT2D eigenvalue weighted by molar-refractivity contribution is 6.31. The second-order valence-electron chi connectivity index (χ2n) is 7.99. The molecule has 0 aliphatic carbocycles. The van der Waals surface area contributed by atoms with Gasteiger partial charge in [-0.25, -0.2) is 0 Å². The Labute approximate surface area is 199 Å². The molecule has 3 N–H and O–H groups in total. The minimum atomic E-state index is -0.816. The Hall–Kier alpha value is -4.17. The number of anilines is 2. The lowest BCUT2D eigenvalue weighted by atomic mass is 9.97. The number of carbonyl (C=O) groups is 3. The van der Waals surface area contributed by atoms with Crippen LogP contribution in [0.1, 0.15) is 16.1 Å². The normalized spacial score (nSPS) is 15.1. The van der Waals surface area contributed by atoms with E-state index in [1.54, 1.807) is 48.7 Å². The Morgan fingerprint density at radius 1 is 1.12 bits per heavy atom. The molecule has 4 aromatic rings. The number of carbonyl (C=O) groups excluding carboxylic acids is 3. The lowest BCUT2D eigenvalue weighted by Gasteiger charge is -2.34. The van der Waals surface area contributed by atoms with Gasteiger partial charge in [-0.3, -0.25) is 19.4 Å². The zero-order valence-corrected chi connectivity index (χ0v) is 18.7. The van der Waals surface area contributed by atoms with E-state index in [-0.39, 0.29) is 18.4 Å². The van der Waals surface area contributed by atoms with Crippen LogP contribution in [-0.4, -0.2) is 40.3 Å². The van der Waals surface area contributed by atoms with Crippen LogP contribution in [0.25, 0.3) is 10.9 Å². The topological polar surface area (TPSA) is 107 Å². The third-order valence-corrected chi connectivity index (χ3v) is 5.89. The van der Waals surface area contributed by atoms with Crippen molar-refractivity contribution in [1.82, 2.24) is 15.3 Å². The summed E-state index contributed by atoms with van der Waals surface area (Å²) in [6.45, 7) is -0.192. The molecule has 2 aromatic heterocycles. The molecule has 2 aromatic carbocycles. The number of hydrogen-bond acceptors (Lipinski definition) is 4. The fraction of sp³-hybridized carbons (Fsp3) is 0.120. The average Bonchev–Trinajstić information content (AvgIpc) is 3.26. The molecule has 0 fully saturated rings. The second kappa shape index (κ2) is 8.99. The van der Waals surface area contributed by atoms with Gasteiger partial charge in [0.25, 0.3) is 5.91 Å². The molecule has 3 amide bonds. The van der Waals surface area contributed by atoms with Gasteiger partial charge in [0.1, 0.15) is 18.3 Å². The van der Waals surface area contributed by atoms with E-state index < -0.39 is 11.9 Å². The van der Waals surface area contributed by atoms with Crippen LogP contribution in [0.5, 0.6) is 0 Å². The van der Waals surface area contributed by atoms with Crippen LogP contribution in [0.3, 0.4) is 0 Å². The molecule has 0 radical (unpaired) electrons. The van der Waals surface area contributed by atoms with Gasteiger partial charge in [-0.15, -0.1) is 0 Å². The summed E-state index contributed by atoms with van der Waals surface area (Å²) in [5.74, 6) is -1.13. The lowest BCUT2D eigenvalue weighted by Crippen LogP contribution is -2.54. The minimum absolute atomic E-state index is 0.192. The first-order valence-electron chi connectivity index (χ1n) is 10.7. The van der Waals surface area contributed by atoms with Crippen LogP contribution in [0.4, 0.5) is 11.4 Å². The number of fused-ring (bicyclic) bond motifs is 2. The molecule has 1 unspecified atom stereocenters. The van der Waals surface area contributed by atoms with Crippen LogP contribution >= 0.6 is 11.6 Å². The van der Waals surface area contributed by atoms with E-state index in [0.717, 1.165) is 16.5 Å². The maximum atomic E-state index is 13.4. The molecular formula is C25H20ClN5O3. The SMILES string of the molecule is O=C(CN1C(=O)C(NC(=O)c2cc3cc(Cl)ccc3[nH]2)Cc2ccccc21)Nc1cccnc1. The zero-order chi connectivity index (χ0) is 23.7. The maximum Gasteiger partial charge on any atom is 0.268 e. The molecule has 0 spiro atoms. The quantitative estimate of drug-likeness (QED) is 0.412. The number of para-hydroxylation sites is 1. The van der Waals surface area contributed by atoms with Crippen molar-refractivity contribution < 1.29 is 14.4 Å². The molecule has 0 saturated heterocycles. The summed E-state index contributed by atoms with van der Waals surface area (Å²) < 4.78 is 0. The number of pyridine rings is 1. The summed E-state index contributed by atoms with van der Waals surface area (Å²) in [5.41, 5.74) is 3.15. The molecule has 0 bridgehead atoms. The number of aromatic amines is 1. The van der Waals surface area contributed by atoms with E-state index in [9.17, 15) is 14.4 Å². The van der Waals surface area contributed by atoms with E-state index in [2.05, 4.69) is 20.6 Å². The van der Waals surface area contributed by atoms with Gasteiger partial charge in [0.05, 0.1) is 11.9 Å². The molecule has 8 nitrogen and oxygen atoms in total. The van der Waals surface area contributed by atoms with Crippen LogP contribution in [0, 0.1) is 0 Å². The van der Waals surface area contributed by atoms with Crippen molar-refractivity contribution in [2.24, 2.45) is 0 Å². The smallest absolute Gasteiger partial charge is 0.268 e. The molecular weight excluding hydrogens is 454 g/mol. The summed E-state index contributed by atoms with van der Waals surface area (Å²) >= 11 is 6.04. The van der Waals surface area contributed by atoms with Crippen LogP contribution in [0.15, 0.2) is 73.1 Å². The highest BCUT2D eigenvalue weighted by atomic mass is 35.5. The van der Waals surface area contributed by atoms with Crippen molar-refractivity contribution in [3.63, 3.8) is 0 Å². The number of aromatic nitrogens is 2. The summed E-state index contributed by atoms with van der Waals surface area (Å²) in [4.78, 5) is 47.4.